The van der Waals surface area contributed by atoms with Crippen LogP contribution >= 0.6 is 0 Å². The van der Waals surface area contributed by atoms with E-state index in [9.17, 15) is 4.79 Å². The predicted molar refractivity (Wildman–Crippen MR) is 121 cm³/mol. The first-order chi connectivity index (χ1) is 14.6. The second kappa shape index (κ2) is 10.9. The summed E-state index contributed by atoms with van der Waals surface area (Å²) in [6.45, 7) is 5.48. The number of anilines is 2. The van der Waals surface area contributed by atoms with Crippen molar-refractivity contribution in [3.8, 4) is 11.5 Å². The van der Waals surface area contributed by atoms with Gasteiger partial charge in [-0.25, -0.2) is 0 Å². The van der Waals surface area contributed by atoms with Crippen molar-refractivity contribution in [1.82, 2.24) is 0 Å². The molecule has 0 aliphatic heterocycles. The molecule has 0 aromatic heterocycles. The molecule has 5 heteroatoms. The third kappa shape index (κ3) is 7.17. The first-order valence-electron chi connectivity index (χ1n) is 10.1. The monoisotopic (exact) mass is 404 g/mol. The van der Waals surface area contributed by atoms with Gasteiger partial charge in [0.15, 0.2) is 0 Å². The average molecular weight is 405 g/mol. The van der Waals surface area contributed by atoms with Crippen LogP contribution in [0.1, 0.15) is 19.4 Å². The van der Waals surface area contributed by atoms with E-state index in [1.807, 2.05) is 78.9 Å². The number of carbonyl (C=O) groups is 1. The van der Waals surface area contributed by atoms with Gasteiger partial charge in [0.2, 0.25) is 5.91 Å². The molecular weight excluding hydrogens is 376 g/mol. The first-order valence-corrected chi connectivity index (χ1v) is 10.1. The van der Waals surface area contributed by atoms with E-state index in [2.05, 4.69) is 24.5 Å². The molecule has 0 aliphatic rings. The zero-order valence-electron chi connectivity index (χ0n) is 17.4. The van der Waals surface area contributed by atoms with Gasteiger partial charge in [-0.3, -0.25) is 4.79 Å². The minimum Gasteiger partial charge on any atom is -0.493 e. The van der Waals surface area contributed by atoms with Crippen LogP contribution in [0.5, 0.6) is 11.5 Å². The maximum atomic E-state index is 12.3. The van der Waals surface area contributed by atoms with E-state index >= 15 is 0 Å². The fourth-order valence-corrected chi connectivity index (χ4v) is 2.75. The van der Waals surface area contributed by atoms with Crippen LogP contribution < -0.4 is 20.1 Å². The Labute approximate surface area is 178 Å². The summed E-state index contributed by atoms with van der Waals surface area (Å²) in [5.74, 6) is 1.81. The highest BCUT2D eigenvalue weighted by atomic mass is 16.5. The van der Waals surface area contributed by atoms with Crippen molar-refractivity contribution >= 4 is 17.3 Å². The third-order valence-electron chi connectivity index (χ3n) is 4.24. The fraction of sp³-hybridized carbons (Fsp3) is 0.240. The van der Waals surface area contributed by atoms with Crippen molar-refractivity contribution in [3.05, 3.63) is 84.4 Å². The van der Waals surface area contributed by atoms with Crippen LogP contribution in [0.2, 0.25) is 0 Å². The SMILES string of the molecule is CC(C)COc1cccc(NC(=O)CNc2cccc(OCc3ccccc3)c2)c1. The van der Waals surface area contributed by atoms with Gasteiger partial charge in [0, 0.05) is 23.5 Å². The lowest BCUT2D eigenvalue weighted by Crippen LogP contribution is -2.21. The van der Waals surface area contributed by atoms with E-state index in [0.717, 1.165) is 22.7 Å². The van der Waals surface area contributed by atoms with E-state index < -0.39 is 0 Å². The van der Waals surface area contributed by atoms with Gasteiger partial charge in [-0.2, -0.15) is 0 Å². The molecule has 3 aromatic rings. The van der Waals surface area contributed by atoms with Gasteiger partial charge in [-0.05, 0) is 35.7 Å². The topological polar surface area (TPSA) is 59.6 Å². The van der Waals surface area contributed by atoms with E-state index in [1.165, 1.54) is 0 Å². The van der Waals surface area contributed by atoms with E-state index in [0.29, 0.717) is 24.8 Å². The standard InChI is InChI=1S/C25H28N2O3/c1-19(2)17-29-24-13-7-11-22(15-24)27-25(28)16-26-21-10-6-12-23(14-21)30-18-20-8-4-3-5-9-20/h3-15,19,26H,16-18H2,1-2H3,(H,27,28). The lowest BCUT2D eigenvalue weighted by Gasteiger charge is -2.12. The molecule has 0 atom stereocenters. The lowest BCUT2D eigenvalue weighted by atomic mass is 10.2. The van der Waals surface area contributed by atoms with Crippen molar-refractivity contribution in [3.63, 3.8) is 0 Å². The van der Waals surface area contributed by atoms with Crippen LogP contribution in [-0.4, -0.2) is 19.1 Å². The summed E-state index contributed by atoms with van der Waals surface area (Å²) < 4.78 is 11.5. The van der Waals surface area contributed by atoms with Crippen LogP contribution in [0.3, 0.4) is 0 Å². The molecular formula is C25H28N2O3. The number of nitrogens with one attached hydrogen (secondary N) is 2. The number of benzene rings is 3. The normalized spacial score (nSPS) is 10.5. The van der Waals surface area contributed by atoms with Gasteiger partial charge in [-0.1, -0.05) is 56.3 Å². The predicted octanol–water partition coefficient (Wildman–Crippen LogP) is 5.35. The molecule has 30 heavy (non-hydrogen) atoms. The highest BCUT2D eigenvalue weighted by Crippen LogP contribution is 2.20. The van der Waals surface area contributed by atoms with Gasteiger partial charge >= 0.3 is 0 Å². The van der Waals surface area contributed by atoms with Crippen molar-refractivity contribution in [2.75, 3.05) is 23.8 Å². The summed E-state index contributed by atoms with van der Waals surface area (Å²) >= 11 is 0. The summed E-state index contributed by atoms with van der Waals surface area (Å²) in [6, 6.07) is 25.0. The maximum Gasteiger partial charge on any atom is 0.243 e. The molecule has 0 saturated carbocycles. The molecule has 1 amide bonds. The number of rotatable bonds is 10. The molecule has 5 nitrogen and oxygen atoms in total. The number of hydrogen-bond acceptors (Lipinski definition) is 4. The van der Waals surface area contributed by atoms with Crippen LogP contribution in [0.15, 0.2) is 78.9 Å². The minimum atomic E-state index is -0.133. The number of hydrogen-bond donors (Lipinski definition) is 2. The quantitative estimate of drug-likeness (QED) is 0.478. The Balaban J connectivity index is 1.48. The largest absolute Gasteiger partial charge is 0.493 e. The number of amides is 1. The molecule has 0 bridgehead atoms. The molecule has 0 aliphatic carbocycles. The van der Waals surface area contributed by atoms with E-state index in [4.69, 9.17) is 9.47 Å². The van der Waals surface area contributed by atoms with Crippen LogP contribution in [-0.2, 0) is 11.4 Å². The molecule has 0 spiro atoms. The maximum absolute atomic E-state index is 12.3. The summed E-state index contributed by atoms with van der Waals surface area (Å²) in [4.78, 5) is 12.3. The molecule has 0 fully saturated rings. The fourth-order valence-electron chi connectivity index (χ4n) is 2.75. The smallest absolute Gasteiger partial charge is 0.243 e. The van der Waals surface area contributed by atoms with Gasteiger partial charge < -0.3 is 20.1 Å². The van der Waals surface area contributed by atoms with Crippen molar-refractivity contribution in [1.29, 1.82) is 0 Å². The Morgan fingerprint density at radius 2 is 1.50 bits per heavy atom. The Kier molecular flexibility index (Phi) is 7.72. The molecule has 0 heterocycles. The van der Waals surface area contributed by atoms with Crippen molar-refractivity contribution in [2.45, 2.75) is 20.5 Å². The zero-order chi connectivity index (χ0) is 21.2. The number of carbonyl (C=O) groups excluding carboxylic acids is 1. The Morgan fingerprint density at radius 3 is 2.23 bits per heavy atom. The molecule has 2 N–H and O–H groups in total. The van der Waals surface area contributed by atoms with Gasteiger partial charge in [0.1, 0.15) is 18.1 Å². The van der Waals surface area contributed by atoms with Gasteiger partial charge in [-0.15, -0.1) is 0 Å². The molecule has 3 aromatic carbocycles. The number of ether oxygens (including phenoxy) is 2. The second-order valence-electron chi connectivity index (χ2n) is 7.44. The second-order valence-corrected chi connectivity index (χ2v) is 7.44. The molecule has 156 valence electrons. The van der Waals surface area contributed by atoms with Crippen molar-refractivity contribution in [2.24, 2.45) is 5.92 Å². The highest BCUT2D eigenvalue weighted by Gasteiger charge is 2.05. The third-order valence-corrected chi connectivity index (χ3v) is 4.24. The van der Waals surface area contributed by atoms with Crippen LogP contribution in [0, 0.1) is 5.92 Å². The molecule has 3 rings (SSSR count). The van der Waals surface area contributed by atoms with Gasteiger partial charge in [0.05, 0.1) is 13.2 Å². The van der Waals surface area contributed by atoms with Crippen molar-refractivity contribution < 1.29 is 14.3 Å². The molecule has 0 radical (unpaired) electrons. The van der Waals surface area contributed by atoms with E-state index in [-0.39, 0.29) is 12.5 Å². The van der Waals surface area contributed by atoms with E-state index in [1.54, 1.807) is 0 Å². The highest BCUT2D eigenvalue weighted by molar-refractivity contribution is 5.93. The Morgan fingerprint density at radius 1 is 0.833 bits per heavy atom. The Hall–Kier alpha value is -3.47. The summed E-state index contributed by atoms with van der Waals surface area (Å²) in [5.41, 5.74) is 2.64. The zero-order valence-corrected chi connectivity index (χ0v) is 17.4. The van der Waals surface area contributed by atoms with Gasteiger partial charge in [0.25, 0.3) is 0 Å². The lowest BCUT2D eigenvalue weighted by molar-refractivity contribution is -0.114. The summed E-state index contributed by atoms with van der Waals surface area (Å²) in [5, 5.41) is 6.02. The minimum absolute atomic E-state index is 0.133. The molecule has 0 unspecified atom stereocenters. The Bertz CT molecular complexity index is 942. The van der Waals surface area contributed by atoms with Crippen LogP contribution in [0.25, 0.3) is 0 Å². The first kappa shape index (κ1) is 21.2. The summed E-state index contributed by atoms with van der Waals surface area (Å²) in [6.07, 6.45) is 0. The van der Waals surface area contributed by atoms with Crippen LogP contribution in [0.4, 0.5) is 11.4 Å². The average Bonchev–Trinajstić information content (AvgIpc) is 2.76. The summed E-state index contributed by atoms with van der Waals surface area (Å²) in [7, 11) is 0. The molecule has 0 saturated heterocycles.